The summed E-state index contributed by atoms with van der Waals surface area (Å²) in [6.07, 6.45) is 1.71. The molecule has 0 amide bonds. The van der Waals surface area contributed by atoms with Gasteiger partial charge in [-0.3, -0.25) is 15.0 Å². The van der Waals surface area contributed by atoms with Crippen molar-refractivity contribution in [2.24, 2.45) is 0 Å². The van der Waals surface area contributed by atoms with Crippen molar-refractivity contribution in [3.63, 3.8) is 0 Å². The minimum atomic E-state index is -0.00694. The summed E-state index contributed by atoms with van der Waals surface area (Å²) in [5.74, 6) is -0.0140. The van der Waals surface area contributed by atoms with Gasteiger partial charge in [-0.15, -0.1) is 0 Å². The van der Waals surface area contributed by atoms with E-state index in [2.05, 4.69) is 15.0 Å². The Bertz CT molecular complexity index is 1590. The van der Waals surface area contributed by atoms with Gasteiger partial charge < -0.3 is 15.3 Å². The molecular formula is C30H24AlN3O3. The summed E-state index contributed by atoms with van der Waals surface area (Å²) in [6.45, 7) is 5.72. The van der Waals surface area contributed by atoms with E-state index in [4.69, 9.17) is 0 Å². The van der Waals surface area contributed by atoms with Gasteiger partial charge >= 0.3 is 17.4 Å². The Kier molecular flexibility index (Phi) is 9.02. The van der Waals surface area contributed by atoms with Crippen molar-refractivity contribution < 1.29 is 15.3 Å². The smallest absolute Gasteiger partial charge is 0.871 e. The summed E-state index contributed by atoms with van der Waals surface area (Å²) in [5.41, 5.74) is 4.53. The number of hydrogen-bond donors (Lipinski definition) is 0. The largest absolute Gasteiger partial charge is 3.00 e. The zero-order valence-electron chi connectivity index (χ0n) is 20.8. The monoisotopic (exact) mass is 501 g/mol. The van der Waals surface area contributed by atoms with Crippen molar-refractivity contribution in [2.45, 2.75) is 20.8 Å². The Morgan fingerprint density at radius 2 is 0.946 bits per heavy atom. The van der Waals surface area contributed by atoms with Gasteiger partial charge in [0.1, 0.15) is 0 Å². The zero-order valence-corrected chi connectivity index (χ0v) is 22.0. The van der Waals surface area contributed by atoms with Gasteiger partial charge in [0.2, 0.25) is 0 Å². The Morgan fingerprint density at radius 1 is 0.514 bits per heavy atom. The van der Waals surface area contributed by atoms with E-state index in [-0.39, 0.29) is 34.6 Å². The number of nitrogens with zero attached hydrogens (tertiary/aromatic N) is 3. The topological polar surface area (TPSA) is 108 Å². The quantitative estimate of drug-likeness (QED) is 0.284. The van der Waals surface area contributed by atoms with E-state index >= 15 is 0 Å². The molecule has 0 aliphatic heterocycles. The average Bonchev–Trinajstić information content (AvgIpc) is 2.86. The van der Waals surface area contributed by atoms with Crippen LogP contribution in [-0.4, -0.2) is 32.3 Å². The van der Waals surface area contributed by atoms with E-state index in [1.165, 1.54) is 18.2 Å². The first kappa shape index (κ1) is 27.4. The van der Waals surface area contributed by atoms with E-state index in [0.29, 0.717) is 16.6 Å². The maximum atomic E-state index is 11.3. The number of pyridine rings is 3. The van der Waals surface area contributed by atoms with E-state index in [9.17, 15) is 15.3 Å². The first-order valence-corrected chi connectivity index (χ1v) is 11.4. The van der Waals surface area contributed by atoms with E-state index in [1.807, 2.05) is 69.3 Å². The number of benzene rings is 3. The van der Waals surface area contributed by atoms with Crippen LogP contribution in [0.3, 0.4) is 0 Å². The molecule has 0 unspecified atom stereocenters. The molecule has 0 fully saturated rings. The normalized spacial score (nSPS) is 10.1. The summed E-state index contributed by atoms with van der Waals surface area (Å²) in [5, 5.41) is 36.5. The number of aromatic nitrogens is 3. The predicted octanol–water partition coefficient (Wildman–Crippen LogP) is 4.47. The van der Waals surface area contributed by atoms with Crippen LogP contribution in [0.25, 0.3) is 32.7 Å². The van der Waals surface area contributed by atoms with Gasteiger partial charge in [-0.2, -0.15) is 0 Å². The molecule has 3 aromatic carbocycles. The fraction of sp³-hybridized carbons (Fsp3) is 0.100. The van der Waals surface area contributed by atoms with Gasteiger partial charge in [0.05, 0.1) is 16.6 Å². The van der Waals surface area contributed by atoms with Crippen LogP contribution in [0.5, 0.6) is 17.2 Å². The van der Waals surface area contributed by atoms with Crippen molar-refractivity contribution in [2.75, 3.05) is 0 Å². The summed E-state index contributed by atoms with van der Waals surface area (Å²) >= 11 is 0. The average molecular weight is 502 g/mol. The molecule has 0 saturated heterocycles. The van der Waals surface area contributed by atoms with Crippen LogP contribution in [0.2, 0.25) is 0 Å². The number of hydrogen-bond acceptors (Lipinski definition) is 6. The Balaban J connectivity index is 0.000000152. The maximum Gasteiger partial charge on any atom is 3.00 e. The maximum absolute atomic E-state index is 11.3. The molecule has 3 heterocycles. The Labute approximate surface area is 226 Å². The summed E-state index contributed by atoms with van der Waals surface area (Å²) < 4.78 is 0. The third-order valence-corrected chi connectivity index (χ3v) is 5.46. The SMILES string of the molecule is Cc1ccc2cccc([O-])c2n1.Cc1ccc2cccc([O-])c2n1.Cc1cnc2c([O-])cccc2c1.[Al+3]. The van der Waals surface area contributed by atoms with Crippen LogP contribution >= 0.6 is 0 Å². The minimum absolute atomic E-state index is 0. The number of para-hydroxylation sites is 3. The van der Waals surface area contributed by atoms with Crippen molar-refractivity contribution in [1.29, 1.82) is 0 Å². The minimum Gasteiger partial charge on any atom is -0.871 e. The van der Waals surface area contributed by atoms with Gasteiger partial charge in [0.15, 0.2) is 0 Å². The molecule has 0 N–H and O–H groups in total. The van der Waals surface area contributed by atoms with Gasteiger partial charge in [-0.25, -0.2) is 0 Å². The first-order valence-electron chi connectivity index (χ1n) is 11.4. The molecule has 7 heteroatoms. The Morgan fingerprint density at radius 3 is 1.43 bits per heavy atom. The second-order valence-corrected chi connectivity index (χ2v) is 8.40. The van der Waals surface area contributed by atoms with Crippen molar-refractivity contribution >= 4 is 50.1 Å². The molecule has 6 aromatic rings. The van der Waals surface area contributed by atoms with Crippen LogP contribution in [0.15, 0.2) is 91.1 Å². The molecule has 0 aliphatic carbocycles. The van der Waals surface area contributed by atoms with Crippen LogP contribution in [0, 0.1) is 20.8 Å². The van der Waals surface area contributed by atoms with Crippen molar-refractivity contribution in [3.8, 4) is 17.2 Å². The molecule has 6 rings (SSSR count). The van der Waals surface area contributed by atoms with Crippen LogP contribution in [0.1, 0.15) is 17.0 Å². The van der Waals surface area contributed by atoms with Gasteiger partial charge in [0, 0.05) is 17.6 Å². The molecule has 37 heavy (non-hydrogen) atoms. The predicted molar refractivity (Wildman–Crippen MR) is 144 cm³/mol. The van der Waals surface area contributed by atoms with Crippen LogP contribution in [0.4, 0.5) is 0 Å². The van der Waals surface area contributed by atoms with E-state index in [0.717, 1.165) is 33.1 Å². The number of rotatable bonds is 0. The third kappa shape index (κ3) is 6.74. The first-order chi connectivity index (χ1) is 17.3. The molecule has 0 spiro atoms. The second-order valence-electron chi connectivity index (χ2n) is 8.40. The molecule has 0 radical (unpaired) electrons. The van der Waals surface area contributed by atoms with E-state index in [1.54, 1.807) is 24.4 Å². The van der Waals surface area contributed by atoms with Crippen molar-refractivity contribution in [3.05, 3.63) is 108 Å². The fourth-order valence-electron chi connectivity index (χ4n) is 3.68. The summed E-state index contributed by atoms with van der Waals surface area (Å²) in [4.78, 5) is 12.4. The van der Waals surface area contributed by atoms with Gasteiger partial charge in [0.25, 0.3) is 0 Å². The molecule has 0 aliphatic rings. The fourth-order valence-corrected chi connectivity index (χ4v) is 3.68. The molecule has 180 valence electrons. The summed E-state index contributed by atoms with van der Waals surface area (Å²) in [6, 6.07) is 25.2. The molecule has 0 saturated carbocycles. The zero-order chi connectivity index (χ0) is 25.7. The Hall–Kier alpha value is -4.18. The second kappa shape index (κ2) is 12.2. The van der Waals surface area contributed by atoms with Crippen LogP contribution < -0.4 is 15.3 Å². The standard InChI is InChI=1S/3C10H9NO.Al/c1-7-5-8-3-2-4-9(12)10(8)11-6-7;2*1-7-5-6-8-3-2-4-9(12)10(8)11-7;/h3*2-6,12H,1H3;/q;;;+3/p-3. The molecule has 0 atom stereocenters. The van der Waals surface area contributed by atoms with Gasteiger partial charge in [-0.05, 0) is 60.7 Å². The van der Waals surface area contributed by atoms with E-state index < -0.39 is 0 Å². The molecule has 0 bridgehead atoms. The molecule has 6 nitrogen and oxygen atoms in total. The summed E-state index contributed by atoms with van der Waals surface area (Å²) in [7, 11) is 0. The number of fused-ring (bicyclic) bond motifs is 3. The van der Waals surface area contributed by atoms with Crippen molar-refractivity contribution in [1.82, 2.24) is 15.0 Å². The third-order valence-electron chi connectivity index (χ3n) is 5.46. The number of aryl methyl sites for hydroxylation is 3. The van der Waals surface area contributed by atoms with Crippen LogP contribution in [-0.2, 0) is 0 Å². The molecule has 3 aromatic heterocycles. The van der Waals surface area contributed by atoms with Gasteiger partial charge in [-0.1, -0.05) is 84.0 Å². The molecular weight excluding hydrogens is 477 g/mol.